The van der Waals surface area contributed by atoms with Gasteiger partial charge in [0.15, 0.2) is 5.13 Å². The van der Waals surface area contributed by atoms with Gasteiger partial charge >= 0.3 is 0 Å². The van der Waals surface area contributed by atoms with Crippen LogP contribution in [0.2, 0.25) is 0 Å². The van der Waals surface area contributed by atoms with E-state index in [0.29, 0.717) is 36.9 Å². The van der Waals surface area contributed by atoms with Gasteiger partial charge in [0, 0.05) is 25.3 Å². The third kappa shape index (κ3) is 5.64. The molecule has 0 aliphatic carbocycles. The fourth-order valence-corrected chi connectivity index (χ4v) is 7.29. The van der Waals surface area contributed by atoms with E-state index < -0.39 is 10.0 Å². The molecule has 0 spiro atoms. The molecule has 1 atom stereocenters. The highest BCUT2D eigenvalue weighted by Gasteiger charge is 2.28. The average molecular weight is 530 g/mol. The molecule has 4 rings (SSSR count). The van der Waals surface area contributed by atoms with Crippen molar-refractivity contribution in [3.05, 3.63) is 53.1 Å². The molecule has 3 aromatic rings. The number of anilines is 1. The van der Waals surface area contributed by atoms with Gasteiger partial charge in [-0.05, 0) is 81.0 Å². The lowest BCUT2D eigenvalue weighted by atomic mass is 10.1. The van der Waals surface area contributed by atoms with Crippen LogP contribution in [0.5, 0.6) is 0 Å². The summed E-state index contributed by atoms with van der Waals surface area (Å²) in [7, 11) is -3.61. The summed E-state index contributed by atoms with van der Waals surface area (Å²) in [4.78, 5) is 20.4. The number of carbonyl (C=O) groups is 1. The molecule has 1 aromatic heterocycles. The molecule has 1 aliphatic heterocycles. The number of aromatic nitrogens is 1. The quantitative estimate of drug-likeness (QED) is 0.344. The number of nitrogens with zero attached hydrogens (tertiary/aromatic N) is 3. The Hall–Kier alpha value is -2.33. The molecule has 1 unspecified atom stereocenters. The van der Waals surface area contributed by atoms with E-state index in [1.165, 1.54) is 27.8 Å². The van der Waals surface area contributed by atoms with Crippen LogP contribution in [0.15, 0.2) is 41.3 Å². The lowest BCUT2D eigenvalue weighted by molar-refractivity contribution is 0.0917. The molecule has 1 amide bonds. The van der Waals surface area contributed by atoms with Crippen LogP contribution in [0.1, 0.15) is 61.0 Å². The van der Waals surface area contributed by atoms with Crippen LogP contribution in [-0.2, 0) is 14.8 Å². The van der Waals surface area contributed by atoms with Gasteiger partial charge < -0.3 is 4.74 Å². The van der Waals surface area contributed by atoms with Crippen LogP contribution in [0, 0.1) is 13.8 Å². The molecule has 36 heavy (non-hydrogen) atoms. The largest absolute Gasteiger partial charge is 0.376 e. The van der Waals surface area contributed by atoms with Crippen molar-refractivity contribution in [3.63, 3.8) is 0 Å². The molecule has 9 heteroatoms. The summed E-state index contributed by atoms with van der Waals surface area (Å²) in [6.45, 7) is 10.1. The van der Waals surface area contributed by atoms with Gasteiger partial charge in [0.1, 0.15) is 0 Å². The summed E-state index contributed by atoms with van der Waals surface area (Å²) in [6, 6.07) is 10.5. The minimum atomic E-state index is -3.61. The molecule has 2 heterocycles. The molecule has 0 N–H and O–H groups in total. The monoisotopic (exact) mass is 529 g/mol. The summed E-state index contributed by atoms with van der Waals surface area (Å²) < 4.78 is 34.7. The number of benzene rings is 2. The number of fused-ring (bicyclic) bond motifs is 1. The summed E-state index contributed by atoms with van der Waals surface area (Å²) in [5.74, 6) is -0.207. The standard InChI is InChI=1S/C27H35N3O4S2/c1-5-13-29(14-6-2)36(32,33)23-11-9-21(10-12-23)26(31)30(18-22-8-7-15-34-22)27-28-24-17-19(3)16-20(4)25(24)35-27/h9-12,16-17,22H,5-8,13-15,18H2,1-4H3. The zero-order valence-electron chi connectivity index (χ0n) is 21.5. The highest BCUT2D eigenvalue weighted by molar-refractivity contribution is 7.89. The Morgan fingerprint density at radius 3 is 2.42 bits per heavy atom. The maximum atomic E-state index is 13.7. The first kappa shape index (κ1) is 26.7. The second kappa shape index (κ2) is 11.4. The van der Waals surface area contributed by atoms with Gasteiger partial charge in [0.2, 0.25) is 10.0 Å². The topological polar surface area (TPSA) is 79.8 Å². The number of ether oxygens (including phenoxy) is 1. The molecule has 0 bridgehead atoms. The third-order valence-electron chi connectivity index (χ3n) is 6.38. The van der Waals surface area contributed by atoms with Gasteiger partial charge in [0.25, 0.3) is 5.91 Å². The van der Waals surface area contributed by atoms with Gasteiger partial charge in [-0.15, -0.1) is 0 Å². The maximum Gasteiger partial charge on any atom is 0.260 e. The van der Waals surface area contributed by atoms with E-state index in [-0.39, 0.29) is 16.9 Å². The number of hydrogen-bond donors (Lipinski definition) is 0. The van der Waals surface area contributed by atoms with Gasteiger partial charge in [0.05, 0.1) is 27.8 Å². The van der Waals surface area contributed by atoms with Crippen LogP contribution < -0.4 is 4.90 Å². The van der Waals surface area contributed by atoms with Gasteiger partial charge in [-0.2, -0.15) is 4.31 Å². The van der Waals surface area contributed by atoms with Crippen molar-refractivity contribution < 1.29 is 17.9 Å². The van der Waals surface area contributed by atoms with Crippen LogP contribution in [-0.4, -0.2) is 56.0 Å². The number of carbonyl (C=O) groups excluding carboxylic acids is 1. The first-order valence-electron chi connectivity index (χ1n) is 12.7. The fraction of sp³-hybridized carbons (Fsp3) is 0.481. The molecule has 2 aromatic carbocycles. The van der Waals surface area contributed by atoms with Crippen LogP contribution >= 0.6 is 11.3 Å². The molecule has 0 radical (unpaired) electrons. The highest BCUT2D eigenvalue weighted by atomic mass is 32.2. The molecule has 194 valence electrons. The van der Waals surface area contributed by atoms with E-state index in [4.69, 9.17) is 9.72 Å². The molecule has 1 fully saturated rings. The Labute approximate surface area is 218 Å². The Morgan fingerprint density at radius 2 is 1.81 bits per heavy atom. The lowest BCUT2D eigenvalue weighted by Crippen LogP contribution is -2.37. The highest BCUT2D eigenvalue weighted by Crippen LogP contribution is 2.33. The smallest absolute Gasteiger partial charge is 0.260 e. The zero-order chi connectivity index (χ0) is 25.9. The van der Waals surface area contributed by atoms with Gasteiger partial charge in [-0.3, -0.25) is 9.69 Å². The summed E-state index contributed by atoms with van der Waals surface area (Å²) in [5.41, 5.74) is 3.57. The van der Waals surface area contributed by atoms with Crippen molar-refractivity contribution in [2.45, 2.75) is 64.4 Å². The number of amides is 1. The van der Waals surface area contributed by atoms with Crippen LogP contribution in [0.25, 0.3) is 10.2 Å². The second-order valence-corrected chi connectivity index (χ2v) is 12.3. The molecule has 1 saturated heterocycles. The summed E-state index contributed by atoms with van der Waals surface area (Å²) in [5, 5.41) is 0.632. The van der Waals surface area contributed by atoms with Gasteiger partial charge in [-0.25, -0.2) is 13.4 Å². The van der Waals surface area contributed by atoms with Crippen molar-refractivity contribution in [2.24, 2.45) is 0 Å². The van der Waals surface area contributed by atoms with E-state index in [0.717, 1.165) is 47.0 Å². The van der Waals surface area contributed by atoms with Crippen LogP contribution in [0.4, 0.5) is 5.13 Å². The second-order valence-electron chi connectivity index (χ2n) is 9.41. The first-order chi connectivity index (χ1) is 17.2. The van der Waals surface area contributed by atoms with E-state index >= 15 is 0 Å². The van der Waals surface area contributed by atoms with E-state index in [9.17, 15) is 13.2 Å². The molecule has 7 nitrogen and oxygen atoms in total. The molecular formula is C27H35N3O4S2. The Bertz CT molecular complexity index is 1310. The summed E-state index contributed by atoms with van der Waals surface area (Å²) in [6.07, 6.45) is 3.32. The SMILES string of the molecule is CCCN(CCC)S(=O)(=O)c1ccc(C(=O)N(CC2CCCO2)c2nc3cc(C)cc(C)c3s2)cc1. The minimum Gasteiger partial charge on any atom is -0.376 e. The van der Waals surface area contributed by atoms with E-state index in [1.54, 1.807) is 17.0 Å². The molecule has 1 aliphatic rings. The predicted molar refractivity (Wildman–Crippen MR) is 146 cm³/mol. The predicted octanol–water partition coefficient (Wildman–Crippen LogP) is 5.55. The third-order valence-corrected chi connectivity index (χ3v) is 9.52. The number of rotatable bonds is 10. The van der Waals surface area contributed by atoms with Crippen molar-refractivity contribution in [1.82, 2.24) is 9.29 Å². The molecular weight excluding hydrogens is 494 g/mol. The van der Waals surface area contributed by atoms with Gasteiger partial charge in [-0.1, -0.05) is 31.3 Å². The molecule has 0 saturated carbocycles. The number of aryl methyl sites for hydroxylation is 2. The van der Waals surface area contributed by atoms with Crippen molar-refractivity contribution >= 4 is 42.6 Å². The Balaban J connectivity index is 1.65. The summed E-state index contributed by atoms with van der Waals surface area (Å²) >= 11 is 1.51. The van der Waals surface area contributed by atoms with Crippen molar-refractivity contribution in [1.29, 1.82) is 0 Å². The van der Waals surface area contributed by atoms with Crippen molar-refractivity contribution in [2.75, 3.05) is 31.1 Å². The average Bonchev–Trinajstić information content (AvgIpc) is 3.52. The zero-order valence-corrected chi connectivity index (χ0v) is 23.1. The van der Waals surface area contributed by atoms with Crippen LogP contribution in [0.3, 0.4) is 0 Å². The Kier molecular flexibility index (Phi) is 8.44. The first-order valence-corrected chi connectivity index (χ1v) is 14.9. The van der Waals surface area contributed by atoms with Crippen molar-refractivity contribution in [3.8, 4) is 0 Å². The maximum absolute atomic E-state index is 13.7. The fourth-order valence-electron chi connectivity index (χ4n) is 4.65. The number of sulfonamides is 1. The normalized spacial score (nSPS) is 16.2. The van der Waals surface area contributed by atoms with E-state index in [2.05, 4.69) is 13.0 Å². The Morgan fingerprint density at radius 1 is 1.11 bits per heavy atom. The minimum absolute atomic E-state index is 0.0416. The van der Waals surface area contributed by atoms with E-state index in [1.807, 2.05) is 26.8 Å². The lowest BCUT2D eigenvalue weighted by Gasteiger charge is -2.23. The number of thiazole rings is 1. The number of hydrogen-bond acceptors (Lipinski definition) is 6.